The number of hydrogen-bond donors (Lipinski definition) is 2. The van der Waals surface area contributed by atoms with Crippen LogP contribution in [-0.2, 0) is 14.3 Å². The zero-order valence-corrected chi connectivity index (χ0v) is 10.3. The molecule has 5 heteroatoms. The fraction of sp³-hybridized carbons (Fsp3) is 0.818. The molecule has 2 unspecified atom stereocenters. The van der Waals surface area contributed by atoms with E-state index in [2.05, 4.69) is 5.32 Å². The third kappa shape index (κ3) is 5.70. The first-order chi connectivity index (χ1) is 7.31. The molecule has 16 heavy (non-hydrogen) atoms. The molecule has 0 aromatic carbocycles. The Hall–Kier alpha value is -1.10. The van der Waals surface area contributed by atoms with Crippen LogP contribution in [0, 0.1) is 5.41 Å². The van der Waals surface area contributed by atoms with Gasteiger partial charge in [-0.1, -0.05) is 20.8 Å². The van der Waals surface area contributed by atoms with Gasteiger partial charge in [-0.3, -0.25) is 4.79 Å². The van der Waals surface area contributed by atoms with E-state index < -0.39 is 18.1 Å². The summed E-state index contributed by atoms with van der Waals surface area (Å²) in [6.45, 7) is 7.72. The molecule has 0 aliphatic heterocycles. The number of rotatable bonds is 6. The molecule has 0 heterocycles. The van der Waals surface area contributed by atoms with Crippen LogP contribution in [0.15, 0.2) is 0 Å². The lowest BCUT2D eigenvalue weighted by Crippen LogP contribution is -2.47. The number of esters is 1. The topological polar surface area (TPSA) is 75.6 Å². The van der Waals surface area contributed by atoms with E-state index in [0.29, 0.717) is 12.8 Å². The summed E-state index contributed by atoms with van der Waals surface area (Å²) in [5.41, 5.74) is -0.130. The van der Waals surface area contributed by atoms with Crippen molar-refractivity contribution in [3.63, 3.8) is 0 Å². The Balaban J connectivity index is 4.51. The molecule has 0 aliphatic carbocycles. The number of hydrogen-bond acceptors (Lipinski definition) is 4. The number of aliphatic hydroxyl groups is 1. The summed E-state index contributed by atoms with van der Waals surface area (Å²) < 4.78 is 4.77. The molecule has 1 amide bonds. The van der Waals surface area contributed by atoms with E-state index in [-0.39, 0.29) is 12.0 Å². The SMILES string of the molecule is CCOC(=O)C(NC=O)C(O)CC(C)(C)C. The van der Waals surface area contributed by atoms with Crippen molar-refractivity contribution in [2.24, 2.45) is 5.41 Å². The zero-order chi connectivity index (χ0) is 12.8. The Morgan fingerprint density at radius 2 is 2.06 bits per heavy atom. The predicted octanol–water partition coefficient (Wildman–Crippen LogP) is 0.461. The first-order valence-corrected chi connectivity index (χ1v) is 5.36. The maximum Gasteiger partial charge on any atom is 0.331 e. The summed E-state index contributed by atoms with van der Waals surface area (Å²) in [5.74, 6) is -0.605. The van der Waals surface area contributed by atoms with E-state index in [1.165, 1.54) is 0 Å². The highest BCUT2D eigenvalue weighted by Crippen LogP contribution is 2.22. The molecular weight excluding hydrogens is 210 g/mol. The zero-order valence-electron chi connectivity index (χ0n) is 10.3. The molecule has 2 N–H and O–H groups in total. The van der Waals surface area contributed by atoms with Crippen molar-refractivity contribution in [3.8, 4) is 0 Å². The largest absolute Gasteiger partial charge is 0.464 e. The maximum atomic E-state index is 11.5. The van der Waals surface area contributed by atoms with Crippen LogP contribution in [0.3, 0.4) is 0 Å². The summed E-state index contributed by atoms with van der Waals surface area (Å²) in [4.78, 5) is 21.8. The van der Waals surface area contributed by atoms with E-state index in [9.17, 15) is 14.7 Å². The van der Waals surface area contributed by atoms with Crippen LogP contribution in [0.1, 0.15) is 34.1 Å². The minimum Gasteiger partial charge on any atom is -0.464 e. The van der Waals surface area contributed by atoms with Crippen molar-refractivity contribution >= 4 is 12.4 Å². The molecule has 5 nitrogen and oxygen atoms in total. The number of aliphatic hydroxyl groups excluding tert-OH is 1. The molecule has 0 rings (SSSR count). The van der Waals surface area contributed by atoms with Gasteiger partial charge >= 0.3 is 5.97 Å². The van der Waals surface area contributed by atoms with Gasteiger partial charge in [-0.2, -0.15) is 0 Å². The van der Waals surface area contributed by atoms with Gasteiger partial charge in [0.1, 0.15) is 0 Å². The molecule has 0 saturated carbocycles. The van der Waals surface area contributed by atoms with Crippen LogP contribution < -0.4 is 5.32 Å². The van der Waals surface area contributed by atoms with E-state index >= 15 is 0 Å². The normalized spacial score (nSPS) is 15.1. The highest BCUT2D eigenvalue weighted by atomic mass is 16.5. The van der Waals surface area contributed by atoms with Crippen LogP contribution in [0.5, 0.6) is 0 Å². The van der Waals surface area contributed by atoms with Crippen LogP contribution in [-0.4, -0.2) is 36.2 Å². The number of ether oxygens (including phenoxy) is 1. The van der Waals surface area contributed by atoms with E-state index in [0.717, 1.165) is 0 Å². The van der Waals surface area contributed by atoms with Gasteiger partial charge in [0, 0.05) is 0 Å². The van der Waals surface area contributed by atoms with Gasteiger partial charge in [-0.05, 0) is 18.8 Å². The minimum absolute atomic E-state index is 0.130. The van der Waals surface area contributed by atoms with Crippen molar-refractivity contribution in [1.29, 1.82) is 0 Å². The average Bonchev–Trinajstić information content (AvgIpc) is 2.11. The van der Waals surface area contributed by atoms with Crippen molar-refractivity contribution < 1.29 is 19.4 Å². The van der Waals surface area contributed by atoms with Crippen molar-refractivity contribution in [3.05, 3.63) is 0 Å². The third-order valence-electron chi connectivity index (χ3n) is 1.99. The number of amides is 1. The lowest BCUT2D eigenvalue weighted by molar-refractivity contribution is -0.150. The average molecular weight is 231 g/mol. The van der Waals surface area contributed by atoms with Gasteiger partial charge in [0.2, 0.25) is 6.41 Å². The molecule has 2 atom stereocenters. The van der Waals surface area contributed by atoms with Crippen molar-refractivity contribution in [2.45, 2.75) is 46.3 Å². The molecule has 0 aromatic rings. The fourth-order valence-corrected chi connectivity index (χ4v) is 1.39. The summed E-state index contributed by atoms with van der Waals surface area (Å²) in [5, 5.41) is 12.1. The summed E-state index contributed by atoms with van der Waals surface area (Å²) in [6, 6.07) is -0.989. The van der Waals surface area contributed by atoms with Crippen LogP contribution >= 0.6 is 0 Å². The standard InChI is InChI=1S/C11H21NO4/c1-5-16-10(15)9(12-7-13)8(14)6-11(2,3)4/h7-9,14H,5-6H2,1-4H3,(H,12,13). The summed E-state index contributed by atoms with van der Waals surface area (Å²) in [7, 11) is 0. The third-order valence-corrected chi connectivity index (χ3v) is 1.99. The Bertz CT molecular complexity index is 235. The highest BCUT2D eigenvalue weighted by molar-refractivity contribution is 5.78. The first-order valence-electron chi connectivity index (χ1n) is 5.36. The lowest BCUT2D eigenvalue weighted by atomic mass is 9.87. The van der Waals surface area contributed by atoms with E-state index in [4.69, 9.17) is 4.74 Å². The molecular formula is C11H21NO4. The number of carbonyl (C=O) groups is 2. The number of carbonyl (C=O) groups excluding carboxylic acids is 2. The highest BCUT2D eigenvalue weighted by Gasteiger charge is 2.30. The molecule has 0 aromatic heterocycles. The summed E-state index contributed by atoms with van der Waals surface area (Å²) >= 11 is 0. The smallest absolute Gasteiger partial charge is 0.331 e. The fourth-order valence-electron chi connectivity index (χ4n) is 1.39. The molecule has 0 saturated heterocycles. The Morgan fingerprint density at radius 3 is 2.44 bits per heavy atom. The van der Waals surface area contributed by atoms with Crippen LogP contribution in [0.25, 0.3) is 0 Å². The van der Waals surface area contributed by atoms with Gasteiger partial charge in [0.05, 0.1) is 12.7 Å². The quantitative estimate of drug-likeness (QED) is 0.514. The second kappa shape index (κ2) is 6.48. The molecule has 0 radical (unpaired) electrons. The second-order valence-corrected chi connectivity index (χ2v) is 4.85. The minimum atomic E-state index is -0.989. The van der Waals surface area contributed by atoms with Gasteiger partial charge in [-0.15, -0.1) is 0 Å². The Kier molecular flexibility index (Phi) is 6.03. The second-order valence-electron chi connectivity index (χ2n) is 4.85. The molecule has 0 spiro atoms. The Morgan fingerprint density at radius 1 is 1.50 bits per heavy atom. The van der Waals surface area contributed by atoms with Crippen LogP contribution in [0.4, 0.5) is 0 Å². The van der Waals surface area contributed by atoms with E-state index in [1.54, 1.807) is 6.92 Å². The molecule has 0 bridgehead atoms. The van der Waals surface area contributed by atoms with Crippen molar-refractivity contribution in [1.82, 2.24) is 5.32 Å². The van der Waals surface area contributed by atoms with Gasteiger partial charge in [0.25, 0.3) is 0 Å². The van der Waals surface area contributed by atoms with E-state index in [1.807, 2.05) is 20.8 Å². The molecule has 0 fully saturated rings. The first kappa shape index (κ1) is 14.9. The summed E-state index contributed by atoms with van der Waals surface area (Å²) in [6.07, 6.45) is -0.144. The van der Waals surface area contributed by atoms with Gasteiger partial charge in [0.15, 0.2) is 6.04 Å². The maximum absolute atomic E-state index is 11.5. The predicted molar refractivity (Wildman–Crippen MR) is 59.7 cm³/mol. The monoisotopic (exact) mass is 231 g/mol. The molecule has 0 aliphatic rings. The van der Waals surface area contributed by atoms with Gasteiger partial charge in [-0.25, -0.2) is 4.79 Å². The van der Waals surface area contributed by atoms with Crippen molar-refractivity contribution in [2.75, 3.05) is 6.61 Å². The number of nitrogens with one attached hydrogen (secondary N) is 1. The van der Waals surface area contributed by atoms with Crippen LogP contribution in [0.2, 0.25) is 0 Å². The Labute approximate surface area is 96.2 Å². The molecule has 94 valence electrons. The lowest BCUT2D eigenvalue weighted by Gasteiger charge is -2.26. The van der Waals surface area contributed by atoms with Gasteiger partial charge < -0.3 is 15.2 Å².